The Morgan fingerprint density at radius 2 is 2.19 bits per heavy atom. The van der Waals surface area contributed by atoms with E-state index < -0.39 is 10.8 Å². The standard InChI is InChI=1S/C19H33N5OS2/c1-3-27(25)17-8-6-7-15(13-17)22-18(20-2)21-10-9-16-14-26-19(23-16)24-11-4-5-12-24/h14-15,17H,3-13H2,1-2H3,(H2,20,21,22). The normalized spacial score (nSPS) is 24.8. The number of aliphatic imine (C=N–C) groups is 1. The highest BCUT2D eigenvalue weighted by Crippen LogP contribution is 2.24. The molecule has 2 heterocycles. The number of rotatable bonds is 7. The number of nitrogens with zero attached hydrogens (tertiary/aromatic N) is 3. The van der Waals surface area contributed by atoms with Crippen LogP contribution < -0.4 is 15.5 Å². The molecule has 6 nitrogen and oxygen atoms in total. The van der Waals surface area contributed by atoms with Crippen LogP contribution in [0.2, 0.25) is 0 Å². The van der Waals surface area contributed by atoms with Crippen molar-refractivity contribution in [3.05, 3.63) is 11.1 Å². The van der Waals surface area contributed by atoms with Crippen molar-refractivity contribution in [1.82, 2.24) is 15.6 Å². The minimum absolute atomic E-state index is 0.332. The van der Waals surface area contributed by atoms with E-state index in [1.54, 1.807) is 11.3 Å². The van der Waals surface area contributed by atoms with Gasteiger partial charge in [0.2, 0.25) is 0 Å². The van der Waals surface area contributed by atoms with Gasteiger partial charge in [-0.3, -0.25) is 9.20 Å². The number of anilines is 1. The van der Waals surface area contributed by atoms with Gasteiger partial charge in [-0.1, -0.05) is 13.3 Å². The number of hydrogen-bond donors (Lipinski definition) is 2. The van der Waals surface area contributed by atoms with Crippen molar-refractivity contribution < 1.29 is 4.21 Å². The largest absolute Gasteiger partial charge is 0.356 e. The van der Waals surface area contributed by atoms with E-state index in [1.165, 1.54) is 18.0 Å². The zero-order valence-electron chi connectivity index (χ0n) is 16.6. The van der Waals surface area contributed by atoms with Gasteiger partial charge in [-0.25, -0.2) is 4.98 Å². The molecule has 3 rings (SSSR count). The number of hydrogen-bond acceptors (Lipinski definition) is 5. The first-order chi connectivity index (χ1) is 13.2. The van der Waals surface area contributed by atoms with Gasteiger partial charge >= 0.3 is 0 Å². The molecule has 27 heavy (non-hydrogen) atoms. The van der Waals surface area contributed by atoms with E-state index in [0.29, 0.717) is 11.3 Å². The van der Waals surface area contributed by atoms with Gasteiger partial charge in [-0.05, 0) is 32.1 Å². The van der Waals surface area contributed by atoms with E-state index in [2.05, 4.69) is 25.9 Å². The van der Waals surface area contributed by atoms with E-state index in [-0.39, 0.29) is 0 Å². The van der Waals surface area contributed by atoms with E-state index in [4.69, 9.17) is 4.98 Å². The molecule has 8 heteroatoms. The highest BCUT2D eigenvalue weighted by Gasteiger charge is 2.26. The van der Waals surface area contributed by atoms with Crippen LogP contribution in [0.4, 0.5) is 5.13 Å². The van der Waals surface area contributed by atoms with Crippen LogP contribution in [0.25, 0.3) is 0 Å². The molecule has 1 aliphatic heterocycles. The molecule has 0 amide bonds. The molecule has 2 N–H and O–H groups in total. The van der Waals surface area contributed by atoms with E-state index in [0.717, 1.165) is 69.1 Å². The van der Waals surface area contributed by atoms with Crippen LogP contribution in [0.15, 0.2) is 10.4 Å². The molecular formula is C19H33N5OS2. The minimum atomic E-state index is -0.692. The summed E-state index contributed by atoms with van der Waals surface area (Å²) in [6, 6.07) is 0.367. The molecule has 152 valence electrons. The SMILES string of the molecule is CCS(=O)C1CCCC(NC(=NC)NCCc2csc(N3CCCC3)n2)C1. The molecule has 2 aliphatic rings. The molecule has 0 aromatic carbocycles. The van der Waals surface area contributed by atoms with Crippen molar-refractivity contribution in [2.45, 2.75) is 63.2 Å². The monoisotopic (exact) mass is 411 g/mol. The van der Waals surface area contributed by atoms with E-state index >= 15 is 0 Å². The van der Waals surface area contributed by atoms with Crippen LogP contribution in [0.1, 0.15) is 51.1 Å². The molecule has 0 radical (unpaired) electrons. The minimum Gasteiger partial charge on any atom is -0.356 e. The predicted molar refractivity (Wildman–Crippen MR) is 116 cm³/mol. The fraction of sp³-hybridized carbons (Fsp3) is 0.789. The first kappa shape index (κ1) is 20.6. The zero-order valence-corrected chi connectivity index (χ0v) is 18.2. The fourth-order valence-corrected chi connectivity index (χ4v) is 6.17. The van der Waals surface area contributed by atoms with Crippen molar-refractivity contribution >= 4 is 33.2 Å². The Kier molecular flexibility index (Phi) is 7.93. The highest BCUT2D eigenvalue weighted by molar-refractivity contribution is 7.85. The Hall–Kier alpha value is -1.15. The lowest BCUT2D eigenvalue weighted by Crippen LogP contribution is -2.47. The lowest BCUT2D eigenvalue weighted by Gasteiger charge is -2.30. The molecule has 1 aromatic heterocycles. The average molecular weight is 412 g/mol. The lowest BCUT2D eigenvalue weighted by molar-refractivity contribution is 0.413. The van der Waals surface area contributed by atoms with Gasteiger partial charge < -0.3 is 15.5 Å². The number of thiazole rings is 1. The van der Waals surface area contributed by atoms with Crippen LogP contribution in [0.3, 0.4) is 0 Å². The van der Waals surface area contributed by atoms with Crippen LogP contribution in [-0.4, -0.2) is 58.9 Å². The molecule has 3 unspecified atom stereocenters. The summed E-state index contributed by atoms with van der Waals surface area (Å²) >= 11 is 1.76. The molecule has 0 bridgehead atoms. The summed E-state index contributed by atoms with van der Waals surface area (Å²) in [6.07, 6.45) is 7.81. The topological polar surface area (TPSA) is 69.6 Å². The smallest absolute Gasteiger partial charge is 0.191 e. The maximum atomic E-state index is 12.1. The Bertz CT molecular complexity index is 642. The number of aromatic nitrogens is 1. The third kappa shape index (κ3) is 5.91. The van der Waals surface area contributed by atoms with Crippen molar-refractivity contribution in [2.24, 2.45) is 4.99 Å². The molecule has 0 spiro atoms. The van der Waals surface area contributed by atoms with Gasteiger partial charge in [-0.15, -0.1) is 11.3 Å². The second kappa shape index (κ2) is 10.4. The first-order valence-electron chi connectivity index (χ1n) is 10.2. The average Bonchev–Trinajstić information content (AvgIpc) is 3.38. The van der Waals surface area contributed by atoms with Gasteiger partial charge in [0.15, 0.2) is 11.1 Å². The Labute approximate surface area is 169 Å². The van der Waals surface area contributed by atoms with Gasteiger partial charge in [0.25, 0.3) is 0 Å². The highest BCUT2D eigenvalue weighted by atomic mass is 32.2. The summed E-state index contributed by atoms with van der Waals surface area (Å²) in [5.74, 6) is 1.61. The lowest BCUT2D eigenvalue weighted by atomic mass is 9.95. The van der Waals surface area contributed by atoms with Crippen LogP contribution in [0, 0.1) is 0 Å². The van der Waals surface area contributed by atoms with Gasteiger partial charge in [-0.2, -0.15) is 0 Å². The van der Waals surface area contributed by atoms with E-state index in [1.807, 2.05) is 14.0 Å². The first-order valence-corrected chi connectivity index (χ1v) is 12.5. The Morgan fingerprint density at radius 3 is 2.93 bits per heavy atom. The van der Waals surface area contributed by atoms with Gasteiger partial charge in [0.1, 0.15) is 0 Å². The second-order valence-corrected chi connectivity index (χ2v) is 10.2. The maximum absolute atomic E-state index is 12.1. The fourth-order valence-electron chi connectivity index (χ4n) is 3.91. The number of guanidine groups is 1. The Morgan fingerprint density at radius 1 is 1.37 bits per heavy atom. The summed E-state index contributed by atoms with van der Waals surface area (Å²) in [5, 5.41) is 10.6. The molecule has 2 fully saturated rings. The van der Waals surface area contributed by atoms with Crippen LogP contribution in [-0.2, 0) is 17.2 Å². The maximum Gasteiger partial charge on any atom is 0.191 e. The summed E-state index contributed by atoms with van der Waals surface area (Å²) < 4.78 is 12.1. The molecular weight excluding hydrogens is 378 g/mol. The molecule has 1 aromatic rings. The molecule has 1 saturated carbocycles. The summed E-state index contributed by atoms with van der Waals surface area (Å²) in [4.78, 5) is 11.5. The Balaban J connectivity index is 1.42. The quantitative estimate of drug-likeness (QED) is 0.533. The van der Waals surface area contributed by atoms with Gasteiger partial charge in [0.05, 0.1) is 5.69 Å². The van der Waals surface area contributed by atoms with E-state index in [9.17, 15) is 4.21 Å². The third-order valence-corrected chi connectivity index (χ3v) is 8.13. The van der Waals surface area contributed by atoms with Crippen LogP contribution >= 0.6 is 11.3 Å². The van der Waals surface area contributed by atoms with Gasteiger partial charge in [0, 0.05) is 66.3 Å². The third-order valence-electron chi connectivity index (χ3n) is 5.44. The summed E-state index contributed by atoms with van der Waals surface area (Å²) in [5.41, 5.74) is 1.15. The van der Waals surface area contributed by atoms with Crippen molar-refractivity contribution in [1.29, 1.82) is 0 Å². The molecule has 1 saturated heterocycles. The summed E-state index contributed by atoms with van der Waals surface area (Å²) in [6.45, 7) is 5.13. The van der Waals surface area contributed by atoms with Crippen molar-refractivity contribution in [2.75, 3.05) is 37.3 Å². The molecule has 1 aliphatic carbocycles. The summed E-state index contributed by atoms with van der Waals surface area (Å²) in [7, 11) is 1.12. The van der Waals surface area contributed by atoms with Crippen LogP contribution in [0.5, 0.6) is 0 Å². The van der Waals surface area contributed by atoms with Crippen molar-refractivity contribution in [3.63, 3.8) is 0 Å². The zero-order chi connectivity index (χ0) is 19.1. The number of nitrogens with one attached hydrogen (secondary N) is 2. The molecule has 3 atom stereocenters. The van der Waals surface area contributed by atoms with Crippen molar-refractivity contribution in [3.8, 4) is 0 Å². The second-order valence-electron chi connectivity index (χ2n) is 7.36. The predicted octanol–water partition coefficient (Wildman–Crippen LogP) is 2.53.